The Hall–Kier alpha value is -3.11. The molecule has 8 atom stereocenters. The van der Waals surface area contributed by atoms with E-state index < -0.39 is 48.0 Å². The predicted octanol–water partition coefficient (Wildman–Crippen LogP) is 0.689. The molecular formula is C30H38NO12+. The van der Waals surface area contributed by atoms with Crippen molar-refractivity contribution in [3.63, 3.8) is 0 Å². The van der Waals surface area contributed by atoms with Gasteiger partial charge in [-0.15, -0.1) is 0 Å². The average Bonchev–Trinajstić information content (AvgIpc) is 3.70. The third-order valence-corrected chi connectivity index (χ3v) is 7.67. The molecule has 3 aliphatic rings. The average molecular weight is 605 g/mol. The summed E-state index contributed by atoms with van der Waals surface area (Å²) >= 11 is 0. The molecule has 2 aromatic rings. The lowest BCUT2D eigenvalue weighted by Gasteiger charge is -2.44. The van der Waals surface area contributed by atoms with E-state index in [4.69, 9.17) is 42.6 Å². The summed E-state index contributed by atoms with van der Waals surface area (Å²) in [7, 11) is 0. The van der Waals surface area contributed by atoms with Gasteiger partial charge in [0, 0.05) is 30.7 Å². The summed E-state index contributed by atoms with van der Waals surface area (Å²) < 4.78 is 53.7. The number of hydrogen-bond acceptors (Lipinski definition) is 12. The first-order chi connectivity index (χ1) is 20.9. The van der Waals surface area contributed by atoms with Gasteiger partial charge in [-0.3, -0.25) is 0 Å². The smallest absolute Gasteiger partial charge is 0.210 e. The summed E-state index contributed by atoms with van der Waals surface area (Å²) in [5.74, 6) is -1.18. The van der Waals surface area contributed by atoms with Crippen molar-refractivity contribution in [3.8, 4) is 11.4 Å². The lowest BCUT2D eigenvalue weighted by Crippen LogP contribution is -2.64. The fourth-order valence-electron chi connectivity index (χ4n) is 5.67. The standard InChI is InChI=1S/C30H38NO12/c1-3-35-18-41-27-24(33)16-42-30(27,25-14-29(34,17-38-25)43-19-36-4-2)28-26(23(32)15-37-28)40-20-39-22-10-8-21(9-11-22)31-12-6-5-7-13-31/h3-13,23-28,32-34H,1-2,14-20H2/q+1. The number of ether oxygens (including phenoxy) is 9. The summed E-state index contributed by atoms with van der Waals surface area (Å²) in [6.07, 6.45) is 0.0351. The molecule has 1 aromatic carbocycles. The van der Waals surface area contributed by atoms with E-state index in [0.717, 1.165) is 5.69 Å². The van der Waals surface area contributed by atoms with Gasteiger partial charge in [-0.1, -0.05) is 19.2 Å². The molecule has 13 nitrogen and oxygen atoms in total. The Labute approximate surface area is 249 Å². The molecule has 8 unspecified atom stereocenters. The van der Waals surface area contributed by atoms with Crippen molar-refractivity contribution < 1.29 is 62.5 Å². The second-order valence-electron chi connectivity index (χ2n) is 10.3. The molecule has 0 aliphatic carbocycles. The molecule has 0 spiro atoms. The first kappa shape index (κ1) is 31.3. The molecule has 0 radical (unpaired) electrons. The first-order valence-electron chi connectivity index (χ1n) is 13.9. The fourth-order valence-corrected chi connectivity index (χ4v) is 5.67. The van der Waals surface area contributed by atoms with Gasteiger partial charge in [0.05, 0.1) is 31.8 Å². The minimum atomic E-state index is -1.74. The van der Waals surface area contributed by atoms with Crippen molar-refractivity contribution in [2.24, 2.45) is 0 Å². The Morgan fingerprint density at radius 3 is 2.40 bits per heavy atom. The molecule has 234 valence electrons. The molecule has 3 N–H and O–H groups in total. The number of aliphatic hydroxyl groups excluding tert-OH is 2. The highest BCUT2D eigenvalue weighted by Gasteiger charge is 2.68. The maximum absolute atomic E-state index is 11.0. The van der Waals surface area contributed by atoms with E-state index in [1.165, 1.54) is 12.5 Å². The zero-order valence-corrected chi connectivity index (χ0v) is 23.6. The van der Waals surface area contributed by atoms with Crippen molar-refractivity contribution in [3.05, 3.63) is 80.5 Å². The number of benzene rings is 1. The summed E-state index contributed by atoms with van der Waals surface area (Å²) in [4.78, 5) is 0. The molecule has 0 amide bonds. The summed E-state index contributed by atoms with van der Waals surface area (Å²) in [5.41, 5.74) is -0.594. The molecule has 13 heteroatoms. The SMILES string of the molecule is C=COCOC1C(O)COC1(C1CC(O)(OCOC=C)CO1)C1OCC(O)C1OCOc1ccc(-[n+]2ccccc2)cc1. The number of pyridine rings is 1. The highest BCUT2D eigenvalue weighted by Crippen LogP contribution is 2.47. The van der Waals surface area contributed by atoms with Crippen LogP contribution in [0.2, 0.25) is 0 Å². The first-order valence-corrected chi connectivity index (χ1v) is 13.9. The van der Waals surface area contributed by atoms with Gasteiger partial charge in [-0.2, -0.15) is 4.57 Å². The zero-order chi connectivity index (χ0) is 30.3. The van der Waals surface area contributed by atoms with Gasteiger partial charge in [0.2, 0.25) is 5.69 Å². The number of rotatable bonds is 15. The van der Waals surface area contributed by atoms with Crippen LogP contribution in [0.1, 0.15) is 6.42 Å². The molecule has 0 saturated carbocycles. The van der Waals surface area contributed by atoms with E-state index in [1.54, 1.807) is 0 Å². The Balaban J connectivity index is 1.32. The molecule has 5 rings (SSSR count). The van der Waals surface area contributed by atoms with Crippen LogP contribution >= 0.6 is 0 Å². The van der Waals surface area contributed by atoms with E-state index in [2.05, 4.69) is 13.2 Å². The summed E-state index contributed by atoms with van der Waals surface area (Å²) in [5, 5.41) is 32.9. The maximum atomic E-state index is 11.0. The van der Waals surface area contributed by atoms with E-state index in [9.17, 15) is 15.3 Å². The number of nitrogens with zero attached hydrogens (tertiary/aromatic N) is 1. The normalized spacial score (nSPS) is 33.7. The highest BCUT2D eigenvalue weighted by atomic mass is 16.7. The van der Waals surface area contributed by atoms with Crippen LogP contribution in [0.25, 0.3) is 5.69 Å². The molecule has 3 aliphatic heterocycles. The van der Waals surface area contributed by atoms with E-state index in [1.807, 2.05) is 59.4 Å². The van der Waals surface area contributed by atoms with Gasteiger partial charge in [0.15, 0.2) is 44.2 Å². The second-order valence-corrected chi connectivity index (χ2v) is 10.3. The fraction of sp³-hybridized carbons (Fsp3) is 0.500. The number of hydrogen-bond donors (Lipinski definition) is 3. The van der Waals surface area contributed by atoms with Crippen molar-refractivity contribution in [1.29, 1.82) is 0 Å². The van der Waals surface area contributed by atoms with Crippen LogP contribution in [-0.2, 0) is 37.9 Å². The lowest BCUT2D eigenvalue weighted by atomic mass is 9.79. The van der Waals surface area contributed by atoms with Crippen molar-refractivity contribution in [2.45, 2.75) is 54.4 Å². The molecular weight excluding hydrogens is 566 g/mol. The van der Waals surface area contributed by atoms with Crippen LogP contribution in [0, 0.1) is 0 Å². The lowest BCUT2D eigenvalue weighted by molar-refractivity contribution is -0.595. The minimum Gasteiger partial charge on any atom is -0.476 e. The maximum Gasteiger partial charge on any atom is 0.210 e. The van der Waals surface area contributed by atoms with Crippen LogP contribution in [0.4, 0.5) is 0 Å². The van der Waals surface area contributed by atoms with Gasteiger partial charge in [0.25, 0.3) is 0 Å². The second kappa shape index (κ2) is 14.1. The van der Waals surface area contributed by atoms with Gasteiger partial charge in [0.1, 0.15) is 42.9 Å². The van der Waals surface area contributed by atoms with Crippen molar-refractivity contribution >= 4 is 0 Å². The molecule has 4 heterocycles. The van der Waals surface area contributed by atoms with Gasteiger partial charge in [-0.05, 0) is 12.1 Å². The van der Waals surface area contributed by atoms with Crippen molar-refractivity contribution in [2.75, 3.05) is 40.2 Å². The molecule has 3 saturated heterocycles. The molecule has 3 fully saturated rings. The monoisotopic (exact) mass is 604 g/mol. The van der Waals surface area contributed by atoms with E-state index in [-0.39, 0.29) is 46.6 Å². The molecule has 0 bridgehead atoms. The van der Waals surface area contributed by atoms with E-state index >= 15 is 0 Å². The minimum absolute atomic E-state index is 0.0872. The zero-order valence-electron chi connectivity index (χ0n) is 23.6. The van der Waals surface area contributed by atoms with Gasteiger partial charge >= 0.3 is 0 Å². The summed E-state index contributed by atoms with van der Waals surface area (Å²) in [6, 6.07) is 13.2. The highest BCUT2D eigenvalue weighted by molar-refractivity contribution is 5.31. The third kappa shape index (κ3) is 6.85. The topological polar surface area (TPSA) is 148 Å². The Bertz CT molecular complexity index is 1190. The third-order valence-electron chi connectivity index (χ3n) is 7.67. The number of aromatic nitrogens is 1. The van der Waals surface area contributed by atoms with Crippen LogP contribution < -0.4 is 9.30 Å². The van der Waals surface area contributed by atoms with Crippen LogP contribution in [-0.4, -0.2) is 104 Å². The predicted molar refractivity (Wildman–Crippen MR) is 146 cm³/mol. The Kier molecular flexibility index (Phi) is 10.3. The molecule has 1 aromatic heterocycles. The summed E-state index contributed by atoms with van der Waals surface area (Å²) in [6.45, 7) is 5.78. The quantitative estimate of drug-likeness (QED) is 0.114. The van der Waals surface area contributed by atoms with Gasteiger partial charge < -0.3 is 58.0 Å². The molecule has 43 heavy (non-hydrogen) atoms. The van der Waals surface area contributed by atoms with Gasteiger partial charge in [-0.25, -0.2) is 0 Å². The van der Waals surface area contributed by atoms with Crippen molar-refractivity contribution in [1.82, 2.24) is 0 Å². The van der Waals surface area contributed by atoms with Crippen LogP contribution in [0.5, 0.6) is 5.75 Å². The largest absolute Gasteiger partial charge is 0.476 e. The Morgan fingerprint density at radius 1 is 0.907 bits per heavy atom. The van der Waals surface area contributed by atoms with Crippen LogP contribution in [0.15, 0.2) is 80.5 Å². The van der Waals surface area contributed by atoms with E-state index in [0.29, 0.717) is 5.75 Å². The Morgan fingerprint density at radius 2 is 1.65 bits per heavy atom. The number of aliphatic hydroxyl groups is 3. The van der Waals surface area contributed by atoms with Crippen LogP contribution in [0.3, 0.4) is 0 Å².